The quantitative estimate of drug-likeness (QED) is 0.875. The SMILES string of the molecule is CCCC1CCCN(c2ccc(CC(C)N)cc2C)CC1. The van der Waals surface area contributed by atoms with Gasteiger partial charge in [0.05, 0.1) is 0 Å². The van der Waals surface area contributed by atoms with Crippen molar-refractivity contribution < 1.29 is 0 Å². The summed E-state index contributed by atoms with van der Waals surface area (Å²) in [6.07, 6.45) is 7.81. The molecule has 0 radical (unpaired) electrons. The van der Waals surface area contributed by atoms with Crippen LogP contribution in [0.1, 0.15) is 57.1 Å². The Morgan fingerprint density at radius 1 is 1.29 bits per heavy atom. The second kappa shape index (κ2) is 7.84. The average Bonchev–Trinajstić information content (AvgIpc) is 2.64. The van der Waals surface area contributed by atoms with Gasteiger partial charge in [0.1, 0.15) is 0 Å². The number of anilines is 1. The van der Waals surface area contributed by atoms with Crippen LogP contribution in [0.5, 0.6) is 0 Å². The van der Waals surface area contributed by atoms with Crippen LogP contribution < -0.4 is 10.6 Å². The summed E-state index contributed by atoms with van der Waals surface area (Å²) < 4.78 is 0. The minimum atomic E-state index is 0.239. The van der Waals surface area contributed by atoms with E-state index in [9.17, 15) is 0 Å². The summed E-state index contributed by atoms with van der Waals surface area (Å²) in [7, 11) is 0. The normalized spacial score (nSPS) is 21.1. The van der Waals surface area contributed by atoms with Gasteiger partial charge < -0.3 is 10.6 Å². The molecule has 1 aliphatic heterocycles. The molecule has 2 heteroatoms. The Morgan fingerprint density at radius 2 is 2.10 bits per heavy atom. The number of benzene rings is 1. The lowest BCUT2D eigenvalue weighted by Crippen LogP contribution is -2.25. The first-order valence-electron chi connectivity index (χ1n) is 8.70. The van der Waals surface area contributed by atoms with Crippen molar-refractivity contribution in [2.24, 2.45) is 11.7 Å². The molecule has 0 amide bonds. The molecule has 0 aliphatic carbocycles. The standard InChI is InChI=1S/C19H32N2/c1-4-6-17-7-5-11-21(12-10-17)19-9-8-18(13-15(19)2)14-16(3)20/h8-9,13,16-17H,4-7,10-12,14,20H2,1-3H3. The Bertz CT molecular complexity index is 439. The molecule has 118 valence electrons. The van der Waals surface area contributed by atoms with Gasteiger partial charge in [0, 0.05) is 24.8 Å². The number of hydrogen-bond donors (Lipinski definition) is 1. The van der Waals surface area contributed by atoms with E-state index in [0.29, 0.717) is 0 Å². The van der Waals surface area contributed by atoms with Gasteiger partial charge in [0.2, 0.25) is 0 Å². The van der Waals surface area contributed by atoms with Crippen LogP contribution in [0.3, 0.4) is 0 Å². The Hall–Kier alpha value is -1.02. The lowest BCUT2D eigenvalue weighted by atomic mass is 9.96. The van der Waals surface area contributed by atoms with Crippen LogP contribution in [0.4, 0.5) is 5.69 Å². The maximum absolute atomic E-state index is 5.91. The highest BCUT2D eigenvalue weighted by Crippen LogP contribution is 2.28. The second-order valence-corrected chi connectivity index (χ2v) is 6.87. The number of hydrogen-bond acceptors (Lipinski definition) is 2. The largest absolute Gasteiger partial charge is 0.371 e. The molecule has 2 unspecified atom stereocenters. The fraction of sp³-hybridized carbons (Fsp3) is 0.684. The fourth-order valence-electron chi connectivity index (χ4n) is 3.67. The first-order chi connectivity index (χ1) is 10.1. The third-order valence-corrected chi connectivity index (χ3v) is 4.70. The predicted molar refractivity (Wildman–Crippen MR) is 93.0 cm³/mol. The molecule has 2 atom stereocenters. The first kappa shape index (κ1) is 16.4. The zero-order chi connectivity index (χ0) is 15.2. The molecule has 2 nitrogen and oxygen atoms in total. The van der Waals surface area contributed by atoms with E-state index in [-0.39, 0.29) is 6.04 Å². The zero-order valence-corrected chi connectivity index (χ0v) is 14.1. The molecular formula is C19H32N2. The minimum absolute atomic E-state index is 0.239. The fourth-order valence-corrected chi connectivity index (χ4v) is 3.67. The summed E-state index contributed by atoms with van der Waals surface area (Å²) in [4.78, 5) is 2.60. The lowest BCUT2D eigenvalue weighted by molar-refractivity contribution is 0.435. The monoisotopic (exact) mass is 288 g/mol. The topological polar surface area (TPSA) is 29.3 Å². The van der Waals surface area contributed by atoms with Crippen molar-refractivity contribution in [2.75, 3.05) is 18.0 Å². The van der Waals surface area contributed by atoms with Crippen LogP contribution in [-0.2, 0) is 6.42 Å². The van der Waals surface area contributed by atoms with Gasteiger partial charge >= 0.3 is 0 Å². The predicted octanol–water partition coefficient (Wildman–Crippen LogP) is 4.29. The van der Waals surface area contributed by atoms with E-state index in [1.165, 1.54) is 62.0 Å². The van der Waals surface area contributed by atoms with Crippen molar-refractivity contribution >= 4 is 5.69 Å². The smallest absolute Gasteiger partial charge is 0.0396 e. The van der Waals surface area contributed by atoms with E-state index in [0.717, 1.165) is 12.3 Å². The van der Waals surface area contributed by atoms with Crippen molar-refractivity contribution in [1.29, 1.82) is 0 Å². The highest BCUT2D eigenvalue weighted by atomic mass is 15.1. The molecule has 2 rings (SSSR count). The molecule has 1 aliphatic rings. The Morgan fingerprint density at radius 3 is 2.76 bits per heavy atom. The molecule has 0 aromatic heterocycles. The number of rotatable bonds is 5. The number of nitrogens with two attached hydrogens (primary N) is 1. The highest BCUT2D eigenvalue weighted by molar-refractivity contribution is 5.54. The van der Waals surface area contributed by atoms with Gasteiger partial charge in [-0.15, -0.1) is 0 Å². The van der Waals surface area contributed by atoms with E-state index in [1.54, 1.807) is 0 Å². The van der Waals surface area contributed by atoms with E-state index in [4.69, 9.17) is 5.73 Å². The Balaban J connectivity index is 2.04. The van der Waals surface area contributed by atoms with Crippen LogP contribution >= 0.6 is 0 Å². The van der Waals surface area contributed by atoms with E-state index in [2.05, 4.69) is 43.9 Å². The maximum atomic E-state index is 5.91. The highest BCUT2D eigenvalue weighted by Gasteiger charge is 2.17. The van der Waals surface area contributed by atoms with Gasteiger partial charge in [-0.3, -0.25) is 0 Å². The van der Waals surface area contributed by atoms with E-state index >= 15 is 0 Å². The molecule has 0 saturated carbocycles. The Kier molecular flexibility index (Phi) is 6.10. The summed E-state index contributed by atoms with van der Waals surface area (Å²) >= 11 is 0. The molecule has 1 fully saturated rings. The van der Waals surface area contributed by atoms with E-state index < -0.39 is 0 Å². The van der Waals surface area contributed by atoms with Crippen LogP contribution in [0.15, 0.2) is 18.2 Å². The van der Waals surface area contributed by atoms with Crippen molar-refractivity contribution in [2.45, 2.75) is 65.3 Å². The third-order valence-electron chi connectivity index (χ3n) is 4.70. The molecule has 1 aromatic rings. The van der Waals surface area contributed by atoms with Crippen molar-refractivity contribution in [1.82, 2.24) is 0 Å². The molecule has 1 heterocycles. The van der Waals surface area contributed by atoms with Crippen LogP contribution in [-0.4, -0.2) is 19.1 Å². The van der Waals surface area contributed by atoms with Gasteiger partial charge in [-0.25, -0.2) is 0 Å². The summed E-state index contributed by atoms with van der Waals surface area (Å²) in [5.41, 5.74) is 10.1. The number of nitrogens with zero attached hydrogens (tertiary/aromatic N) is 1. The van der Waals surface area contributed by atoms with Gasteiger partial charge in [-0.1, -0.05) is 31.9 Å². The van der Waals surface area contributed by atoms with Crippen LogP contribution in [0.2, 0.25) is 0 Å². The average molecular weight is 288 g/mol. The second-order valence-electron chi connectivity index (χ2n) is 6.87. The molecule has 2 N–H and O–H groups in total. The molecule has 1 aromatic carbocycles. The van der Waals surface area contributed by atoms with Crippen molar-refractivity contribution in [3.8, 4) is 0 Å². The summed E-state index contributed by atoms with van der Waals surface area (Å²) in [5.74, 6) is 0.942. The minimum Gasteiger partial charge on any atom is -0.371 e. The van der Waals surface area contributed by atoms with Gasteiger partial charge in [-0.05, 0) is 62.6 Å². The molecule has 1 saturated heterocycles. The molecule has 0 spiro atoms. The Labute approximate surface area is 130 Å². The van der Waals surface area contributed by atoms with Crippen molar-refractivity contribution in [3.63, 3.8) is 0 Å². The van der Waals surface area contributed by atoms with Gasteiger partial charge in [0.25, 0.3) is 0 Å². The summed E-state index contributed by atoms with van der Waals surface area (Å²) in [5, 5.41) is 0. The van der Waals surface area contributed by atoms with E-state index in [1.807, 2.05) is 0 Å². The molecular weight excluding hydrogens is 256 g/mol. The molecule has 0 bridgehead atoms. The van der Waals surface area contributed by atoms with Gasteiger partial charge in [-0.2, -0.15) is 0 Å². The van der Waals surface area contributed by atoms with Gasteiger partial charge in [0.15, 0.2) is 0 Å². The first-order valence-corrected chi connectivity index (χ1v) is 8.70. The summed E-state index contributed by atoms with van der Waals surface area (Å²) in [6, 6.07) is 7.14. The van der Waals surface area contributed by atoms with Crippen LogP contribution in [0.25, 0.3) is 0 Å². The zero-order valence-electron chi connectivity index (χ0n) is 14.1. The van der Waals surface area contributed by atoms with Crippen LogP contribution in [0, 0.1) is 12.8 Å². The van der Waals surface area contributed by atoms with Crippen molar-refractivity contribution in [3.05, 3.63) is 29.3 Å². The third kappa shape index (κ3) is 4.74. The maximum Gasteiger partial charge on any atom is 0.0396 e. The summed E-state index contributed by atoms with van der Waals surface area (Å²) in [6.45, 7) is 9.07. The lowest BCUT2D eigenvalue weighted by Gasteiger charge is -2.25. The molecule has 21 heavy (non-hydrogen) atoms. The number of aryl methyl sites for hydroxylation is 1.